The van der Waals surface area contributed by atoms with E-state index < -0.39 is 0 Å². The predicted octanol–water partition coefficient (Wildman–Crippen LogP) is 3.69. The largest absolute Gasteiger partial charge is 0.497 e. The molecule has 1 aromatic heterocycles. The van der Waals surface area contributed by atoms with Gasteiger partial charge >= 0.3 is 0 Å². The summed E-state index contributed by atoms with van der Waals surface area (Å²) in [6, 6.07) is 10.9. The Hall–Kier alpha value is -2.88. The first-order chi connectivity index (χ1) is 16.1. The molecule has 33 heavy (non-hydrogen) atoms. The third-order valence-corrected chi connectivity index (χ3v) is 6.74. The lowest BCUT2D eigenvalue weighted by molar-refractivity contribution is 0.0376. The lowest BCUT2D eigenvalue weighted by Gasteiger charge is -2.27. The van der Waals surface area contributed by atoms with Gasteiger partial charge < -0.3 is 18.9 Å². The maximum Gasteiger partial charge on any atom is 0.260 e. The second-order valence-electron chi connectivity index (χ2n) is 7.64. The Morgan fingerprint density at radius 1 is 1.09 bits per heavy atom. The van der Waals surface area contributed by atoms with Crippen molar-refractivity contribution in [1.82, 2.24) is 9.88 Å². The number of aromatic nitrogens is 1. The number of fused-ring (bicyclic) bond motifs is 1. The summed E-state index contributed by atoms with van der Waals surface area (Å²) in [6.07, 6.45) is 0.819. The number of nitrogens with zero attached hydrogens (tertiary/aromatic N) is 3. The second-order valence-corrected chi connectivity index (χ2v) is 8.62. The average Bonchev–Trinajstić information content (AvgIpc) is 3.31. The molecular formula is C24H29N3O5S. The number of hydrogen-bond donors (Lipinski definition) is 0. The van der Waals surface area contributed by atoms with Gasteiger partial charge in [0, 0.05) is 31.7 Å². The van der Waals surface area contributed by atoms with Gasteiger partial charge in [0.15, 0.2) is 5.13 Å². The minimum Gasteiger partial charge on any atom is -0.497 e. The molecule has 0 atom stereocenters. The summed E-state index contributed by atoms with van der Waals surface area (Å²) in [5, 5.41) is 0.614. The standard InChI is InChI=1S/C24H29N3O5S/c1-29-18-7-4-6-17(16-18)23(28)27(11-5-10-26-12-14-32-15-13-26)24-25-21-19(30-2)8-9-20(31-3)22(21)33-24/h4,6-9,16H,5,10-15H2,1-3H3. The summed E-state index contributed by atoms with van der Waals surface area (Å²) in [4.78, 5) is 22.5. The number of methoxy groups -OCH3 is 3. The van der Waals surface area contributed by atoms with Crippen LogP contribution >= 0.6 is 11.3 Å². The Morgan fingerprint density at radius 3 is 2.58 bits per heavy atom. The fraction of sp³-hybridized carbons (Fsp3) is 0.417. The number of rotatable bonds is 9. The average molecular weight is 472 g/mol. The minimum atomic E-state index is -0.118. The number of amides is 1. The molecule has 0 N–H and O–H groups in total. The number of hydrogen-bond acceptors (Lipinski definition) is 8. The molecule has 0 bridgehead atoms. The van der Waals surface area contributed by atoms with E-state index in [-0.39, 0.29) is 5.91 Å². The third-order valence-electron chi connectivity index (χ3n) is 5.65. The molecule has 1 aliphatic rings. The van der Waals surface area contributed by atoms with Gasteiger partial charge in [-0.25, -0.2) is 4.98 Å². The van der Waals surface area contributed by atoms with E-state index in [0.717, 1.165) is 44.0 Å². The molecule has 2 aromatic carbocycles. The van der Waals surface area contributed by atoms with Crippen LogP contribution in [0, 0.1) is 0 Å². The van der Waals surface area contributed by atoms with Gasteiger partial charge in [-0.2, -0.15) is 0 Å². The van der Waals surface area contributed by atoms with Gasteiger partial charge in [0.25, 0.3) is 5.91 Å². The van der Waals surface area contributed by atoms with Crippen molar-refractivity contribution in [3.8, 4) is 17.2 Å². The van der Waals surface area contributed by atoms with E-state index in [9.17, 15) is 4.79 Å². The molecule has 3 aromatic rings. The highest BCUT2D eigenvalue weighted by Gasteiger charge is 2.24. The van der Waals surface area contributed by atoms with E-state index in [0.29, 0.717) is 40.0 Å². The Balaban J connectivity index is 1.66. The topological polar surface area (TPSA) is 73.4 Å². The monoisotopic (exact) mass is 471 g/mol. The molecule has 0 radical (unpaired) electrons. The van der Waals surface area contributed by atoms with E-state index in [1.807, 2.05) is 24.3 Å². The van der Waals surface area contributed by atoms with Crippen molar-refractivity contribution >= 4 is 32.6 Å². The van der Waals surface area contributed by atoms with Gasteiger partial charge in [-0.3, -0.25) is 14.6 Å². The number of carbonyl (C=O) groups is 1. The van der Waals surface area contributed by atoms with Crippen LogP contribution in [0.1, 0.15) is 16.8 Å². The predicted molar refractivity (Wildman–Crippen MR) is 129 cm³/mol. The Labute approximate surface area is 197 Å². The van der Waals surface area contributed by atoms with Crippen molar-refractivity contribution in [2.45, 2.75) is 6.42 Å². The summed E-state index contributed by atoms with van der Waals surface area (Å²) in [7, 11) is 4.83. The van der Waals surface area contributed by atoms with Gasteiger partial charge in [0.1, 0.15) is 27.5 Å². The number of ether oxygens (including phenoxy) is 4. The van der Waals surface area contributed by atoms with Crippen molar-refractivity contribution < 1.29 is 23.7 Å². The van der Waals surface area contributed by atoms with Crippen molar-refractivity contribution in [1.29, 1.82) is 0 Å². The lowest BCUT2D eigenvalue weighted by atomic mass is 10.2. The zero-order valence-corrected chi connectivity index (χ0v) is 20.0. The molecular weight excluding hydrogens is 442 g/mol. The quantitative estimate of drug-likeness (QED) is 0.471. The summed E-state index contributed by atoms with van der Waals surface area (Å²) < 4.78 is 22.7. The van der Waals surface area contributed by atoms with Crippen molar-refractivity contribution in [3.05, 3.63) is 42.0 Å². The van der Waals surface area contributed by atoms with Crippen LogP contribution in [0.15, 0.2) is 36.4 Å². The number of carbonyl (C=O) groups excluding carboxylic acids is 1. The first-order valence-electron chi connectivity index (χ1n) is 10.9. The molecule has 8 nitrogen and oxygen atoms in total. The summed E-state index contributed by atoms with van der Waals surface area (Å²) >= 11 is 1.43. The molecule has 1 saturated heterocycles. The molecule has 9 heteroatoms. The van der Waals surface area contributed by atoms with Crippen LogP contribution in [0.4, 0.5) is 5.13 Å². The fourth-order valence-electron chi connectivity index (χ4n) is 3.86. The smallest absolute Gasteiger partial charge is 0.260 e. The molecule has 0 spiro atoms. The summed E-state index contributed by atoms with van der Waals surface area (Å²) in [6.45, 7) is 4.77. The van der Waals surface area contributed by atoms with Crippen LogP contribution in [-0.4, -0.2) is 76.5 Å². The van der Waals surface area contributed by atoms with Crippen LogP contribution in [-0.2, 0) is 4.74 Å². The molecule has 0 saturated carbocycles. The molecule has 0 unspecified atom stereocenters. The van der Waals surface area contributed by atoms with Crippen molar-refractivity contribution in [2.24, 2.45) is 0 Å². The van der Waals surface area contributed by atoms with E-state index in [1.165, 1.54) is 11.3 Å². The molecule has 4 rings (SSSR count). The molecule has 1 fully saturated rings. The molecule has 0 aliphatic carbocycles. The van der Waals surface area contributed by atoms with E-state index in [1.54, 1.807) is 38.4 Å². The Bertz CT molecular complexity index is 1060. The van der Waals surface area contributed by atoms with E-state index in [4.69, 9.17) is 23.9 Å². The van der Waals surface area contributed by atoms with Crippen LogP contribution in [0.3, 0.4) is 0 Å². The highest BCUT2D eigenvalue weighted by Crippen LogP contribution is 2.40. The molecule has 176 valence electrons. The zero-order valence-electron chi connectivity index (χ0n) is 19.2. The normalized spacial score (nSPS) is 14.3. The van der Waals surface area contributed by atoms with Gasteiger partial charge in [-0.15, -0.1) is 0 Å². The van der Waals surface area contributed by atoms with Gasteiger partial charge in [-0.05, 0) is 36.8 Å². The van der Waals surface area contributed by atoms with Gasteiger partial charge in [0.2, 0.25) is 0 Å². The first kappa shape index (κ1) is 23.3. The molecule has 2 heterocycles. The Kier molecular flexibility index (Phi) is 7.64. The Morgan fingerprint density at radius 2 is 1.85 bits per heavy atom. The van der Waals surface area contributed by atoms with Crippen LogP contribution in [0.5, 0.6) is 17.2 Å². The van der Waals surface area contributed by atoms with Crippen molar-refractivity contribution in [2.75, 3.05) is 65.6 Å². The van der Waals surface area contributed by atoms with E-state index >= 15 is 0 Å². The van der Waals surface area contributed by atoms with Crippen LogP contribution < -0.4 is 19.1 Å². The van der Waals surface area contributed by atoms with Gasteiger partial charge in [-0.1, -0.05) is 17.4 Å². The van der Waals surface area contributed by atoms with Crippen LogP contribution in [0.2, 0.25) is 0 Å². The van der Waals surface area contributed by atoms with Crippen LogP contribution in [0.25, 0.3) is 10.2 Å². The third kappa shape index (κ3) is 5.21. The maximum atomic E-state index is 13.6. The maximum absolute atomic E-state index is 13.6. The summed E-state index contributed by atoms with van der Waals surface area (Å²) in [5.74, 6) is 1.88. The molecule has 1 aliphatic heterocycles. The highest BCUT2D eigenvalue weighted by atomic mass is 32.1. The number of benzene rings is 2. The van der Waals surface area contributed by atoms with E-state index in [2.05, 4.69) is 4.90 Å². The second kappa shape index (κ2) is 10.8. The highest BCUT2D eigenvalue weighted by molar-refractivity contribution is 7.22. The zero-order chi connectivity index (χ0) is 23.2. The van der Waals surface area contributed by atoms with Gasteiger partial charge in [0.05, 0.1) is 34.5 Å². The number of anilines is 1. The lowest BCUT2D eigenvalue weighted by Crippen LogP contribution is -2.39. The minimum absolute atomic E-state index is 0.118. The molecule has 1 amide bonds. The summed E-state index contributed by atoms with van der Waals surface area (Å²) in [5.41, 5.74) is 1.24. The fourth-order valence-corrected chi connectivity index (χ4v) is 4.96. The first-order valence-corrected chi connectivity index (χ1v) is 11.7. The van der Waals surface area contributed by atoms with Crippen molar-refractivity contribution in [3.63, 3.8) is 0 Å². The number of morpholine rings is 1. The SMILES string of the molecule is COc1cccc(C(=O)N(CCCN2CCOCC2)c2nc3c(OC)ccc(OC)c3s2)c1. The number of thiazole rings is 1.